The molecule has 13 heavy (non-hydrogen) atoms. The molecule has 0 aromatic carbocycles. The van der Waals surface area contributed by atoms with Gasteiger partial charge in [-0.05, 0) is 13.8 Å². The third-order valence-electron chi connectivity index (χ3n) is 1.24. The first-order valence-electron chi connectivity index (χ1n) is 3.82. The first-order valence-corrected chi connectivity index (χ1v) is 3.82. The van der Waals surface area contributed by atoms with Crippen LogP contribution in [0.15, 0.2) is 12.3 Å². The number of hydrogen-bond donors (Lipinski definition) is 1. The Labute approximate surface area is 75.4 Å². The highest BCUT2D eigenvalue weighted by Crippen LogP contribution is 2.08. The number of aromatic nitrogens is 2. The molecule has 0 aliphatic rings. The van der Waals surface area contributed by atoms with Gasteiger partial charge in [-0.25, -0.2) is 4.79 Å². The molecule has 1 heterocycles. The average molecular weight is 182 g/mol. The van der Waals surface area contributed by atoms with Crippen LogP contribution in [0.5, 0.6) is 5.88 Å². The first-order chi connectivity index (χ1) is 6.09. The predicted octanol–water partition coefficient (Wildman–Crippen LogP) is 0.962. The third-order valence-corrected chi connectivity index (χ3v) is 1.24. The summed E-state index contributed by atoms with van der Waals surface area (Å²) in [5, 5.41) is 15.7. The summed E-state index contributed by atoms with van der Waals surface area (Å²) >= 11 is 0. The van der Waals surface area contributed by atoms with Crippen molar-refractivity contribution in [1.29, 1.82) is 0 Å². The van der Waals surface area contributed by atoms with Crippen molar-refractivity contribution in [2.24, 2.45) is 0 Å². The fourth-order valence-electron chi connectivity index (χ4n) is 0.763. The van der Waals surface area contributed by atoms with Gasteiger partial charge in [-0.2, -0.15) is 5.10 Å². The Morgan fingerprint density at radius 3 is 2.85 bits per heavy atom. The molecule has 0 aliphatic carbocycles. The van der Waals surface area contributed by atoms with E-state index in [9.17, 15) is 4.79 Å². The summed E-state index contributed by atoms with van der Waals surface area (Å²) in [6, 6.07) is 1.34. The molecule has 0 saturated heterocycles. The number of nitrogens with zero attached hydrogens (tertiary/aromatic N) is 2. The summed E-state index contributed by atoms with van der Waals surface area (Å²) in [7, 11) is 0. The van der Waals surface area contributed by atoms with Crippen LogP contribution in [-0.2, 0) is 0 Å². The standard InChI is InChI=1S/C8H10N2O3/c1-5(2)13-7-3-6(8(11)12)4-9-10-7/h3-5H,1-2H3,(H,11,12). The summed E-state index contributed by atoms with van der Waals surface area (Å²) in [5.41, 5.74) is 0.0747. The van der Waals surface area contributed by atoms with E-state index < -0.39 is 5.97 Å². The molecular formula is C8H10N2O3. The van der Waals surface area contributed by atoms with Gasteiger partial charge in [0.25, 0.3) is 0 Å². The number of hydrogen-bond acceptors (Lipinski definition) is 4. The Balaban J connectivity index is 2.85. The van der Waals surface area contributed by atoms with Crippen LogP contribution in [0, 0.1) is 0 Å². The quantitative estimate of drug-likeness (QED) is 0.753. The normalized spacial score (nSPS) is 10.1. The van der Waals surface area contributed by atoms with Crippen molar-refractivity contribution in [3.8, 4) is 5.88 Å². The zero-order valence-electron chi connectivity index (χ0n) is 7.39. The van der Waals surface area contributed by atoms with Crippen molar-refractivity contribution in [3.63, 3.8) is 0 Å². The van der Waals surface area contributed by atoms with Crippen LogP contribution in [0.25, 0.3) is 0 Å². The topological polar surface area (TPSA) is 72.3 Å². The van der Waals surface area contributed by atoms with Gasteiger partial charge in [0.15, 0.2) is 0 Å². The summed E-state index contributed by atoms with van der Waals surface area (Å²) in [4.78, 5) is 10.5. The molecule has 1 N–H and O–H groups in total. The summed E-state index contributed by atoms with van der Waals surface area (Å²) < 4.78 is 5.17. The third kappa shape index (κ3) is 2.70. The Kier molecular flexibility index (Phi) is 2.79. The van der Waals surface area contributed by atoms with Crippen LogP contribution in [0.4, 0.5) is 0 Å². The van der Waals surface area contributed by atoms with Gasteiger partial charge in [-0.1, -0.05) is 0 Å². The highest BCUT2D eigenvalue weighted by atomic mass is 16.5. The van der Waals surface area contributed by atoms with Crippen LogP contribution in [0.3, 0.4) is 0 Å². The lowest BCUT2D eigenvalue weighted by atomic mass is 10.3. The van der Waals surface area contributed by atoms with Crippen molar-refractivity contribution in [2.75, 3.05) is 0 Å². The fraction of sp³-hybridized carbons (Fsp3) is 0.375. The molecular weight excluding hydrogens is 172 g/mol. The lowest BCUT2D eigenvalue weighted by molar-refractivity contribution is 0.0695. The number of aromatic carboxylic acids is 1. The Morgan fingerprint density at radius 2 is 2.31 bits per heavy atom. The molecule has 5 nitrogen and oxygen atoms in total. The van der Waals surface area contributed by atoms with Crippen molar-refractivity contribution in [2.45, 2.75) is 20.0 Å². The number of carboxylic acids is 1. The fourth-order valence-corrected chi connectivity index (χ4v) is 0.763. The summed E-state index contributed by atoms with van der Waals surface area (Å²) in [5.74, 6) is -0.807. The van der Waals surface area contributed by atoms with E-state index in [0.29, 0.717) is 0 Å². The largest absolute Gasteiger partial charge is 0.478 e. The minimum atomic E-state index is -1.04. The summed E-state index contributed by atoms with van der Waals surface area (Å²) in [6.45, 7) is 3.66. The SMILES string of the molecule is CC(C)Oc1cc(C(=O)O)cnn1. The monoisotopic (exact) mass is 182 g/mol. The van der Waals surface area contributed by atoms with E-state index in [1.807, 2.05) is 13.8 Å². The number of rotatable bonds is 3. The van der Waals surface area contributed by atoms with E-state index in [2.05, 4.69) is 10.2 Å². The van der Waals surface area contributed by atoms with Crippen LogP contribution < -0.4 is 4.74 Å². The number of carbonyl (C=O) groups is 1. The molecule has 0 fully saturated rings. The second-order valence-electron chi connectivity index (χ2n) is 2.75. The zero-order chi connectivity index (χ0) is 9.84. The average Bonchev–Trinajstić information content (AvgIpc) is 2.03. The molecule has 5 heteroatoms. The maximum Gasteiger partial charge on any atom is 0.337 e. The van der Waals surface area contributed by atoms with E-state index in [1.54, 1.807) is 0 Å². The van der Waals surface area contributed by atoms with Crippen LogP contribution >= 0.6 is 0 Å². The molecule has 1 rings (SSSR count). The number of ether oxygens (including phenoxy) is 1. The van der Waals surface area contributed by atoms with Crippen LogP contribution in [-0.4, -0.2) is 27.4 Å². The Hall–Kier alpha value is -1.65. The van der Waals surface area contributed by atoms with E-state index in [-0.39, 0.29) is 17.5 Å². The zero-order valence-corrected chi connectivity index (χ0v) is 7.39. The van der Waals surface area contributed by atoms with E-state index in [0.717, 1.165) is 0 Å². The van der Waals surface area contributed by atoms with Gasteiger partial charge >= 0.3 is 5.97 Å². The van der Waals surface area contributed by atoms with Gasteiger partial charge in [0.2, 0.25) is 5.88 Å². The highest BCUT2D eigenvalue weighted by Gasteiger charge is 2.06. The maximum absolute atomic E-state index is 10.5. The predicted molar refractivity (Wildman–Crippen MR) is 44.8 cm³/mol. The van der Waals surface area contributed by atoms with Gasteiger partial charge in [-0.3, -0.25) is 0 Å². The van der Waals surface area contributed by atoms with Crippen molar-refractivity contribution in [1.82, 2.24) is 10.2 Å². The van der Waals surface area contributed by atoms with Gasteiger partial charge in [0.1, 0.15) is 0 Å². The summed E-state index contributed by atoms with van der Waals surface area (Å²) in [6.07, 6.45) is 1.13. The minimum Gasteiger partial charge on any atom is -0.478 e. The van der Waals surface area contributed by atoms with Crippen molar-refractivity contribution < 1.29 is 14.6 Å². The van der Waals surface area contributed by atoms with Gasteiger partial charge in [-0.15, -0.1) is 5.10 Å². The lowest BCUT2D eigenvalue weighted by Crippen LogP contribution is -2.08. The molecule has 0 unspecified atom stereocenters. The van der Waals surface area contributed by atoms with Crippen LogP contribution in [0.1, 0.15) is 24.2 Å². The molecule has 1 aromatic heterocycles. The number of carboxylic acid groups (broad SMARTS) is 1. The minimum absolute atomic E-state index is 0.0432. The Bertz CT molecular complexity index is 312. The molecule has 1 aromatic rings. The van der Waals surface area contributed by atoms with E-state index >= 15 is 0 Å². The van der Waals surface area contributed by atoms with Gasteiger partial charge < -0.3 is 9.84 Å². The van der Waals surface area contributed by atoms with Gasteiger partial charge in [0, 0.05) is 6.07 Å². The lowest BCUT2D eigenvalue weighted by Gasteiger charge is -2.07. The molecule has 0 atom stereocenters. The molecule has 0 spiro atoms. The Morgan fingerprint density at radius 1 is 1.62 bits per heavy atom. The molecule has 0 amide bonds. The molecule has 70 valence electrons. The first kappa shape index (κ1) is 9.44. The maximum atomic E-state index is 10.5. The molecule has 0 aliphatic heterocycles. The van der Waals surface area contributed by atoms with Gasteiger partial charge in [0.05, 0.1) is 17.9 Å². The second-order valence-corrected chi connectivity index (χ2v) is 2.75. The van der Waals surface area contributed by atoms with E-state index in [4.69, 9.17) is 9.84 Å². The molecule has 0 bridgehead atoms. The van der Waals surface area contributed by atoms with Crippen molar-refractivity contribution in [3.05, 3.63) is 17.8 Å². The second kappa shape index (κ2) is 3.84. The smallest absolute Gasteiger partial charge is 0.337 e. The van der Waals surface area contributed by atoms with Crippen molar-refractivity contribution >= 4 is 5.97 Å². The highest BCUT2D eigenvalue weighted by molar-refractivity contribution is 5.87. The molecule has 0 radical (unpaired) electrons. The molecule has 0 saturated carbocycles. The van der Waals surface area contributed by atoms with E-state index in [1.165, 1.54) is 12.3 Å². The van der Waals surface area contributed by atoms with Crippen LogP contribution in [0.2, 0.25) is 0 Å².